The van der Waals surface area contributed by atoms with Crippen LogP contribution in [0.15, 0.2) is 12.1 Å². The lowest BCUT2D eigenvalue weighted by Gasteiger charge is -2.45. The maximum Gasteiger partial charge on any atom is 0.407 e. The number of ether oxygens (including phenoxy) is 1. The van der Waals surface area contributed by atoms with Crippen LogP contribution in [0, 0.1) is 6.92 Å². The van der Waals surface area contributed by atoms with Gasteiger partial charge in [-0.25, -0.2) is 9.59 Å². The number of thioether (sulfide) groups is 1. The monoisotopic (exact) mass is 348 g/mol. The zero-order chi connectivity index (χ0) is 16.8. The number of hydrogen-bond acceptors (Lipinski definition) is 5. The van der Waals surface area contributed by atoms with Crippen molar-refractivity contribution in [3.63, 3.8) is 0 Å². The summed E-state index contributed by atoms with van der Waals surface area (Å²) in [5.74, 6) is 0.709. The summed E-state index contributed by atoms with van der Waals surface area (Å²) < 4.78 is 5.15. The molecule has 0 spiro atoms. The van der Waals surface area contributed by atoms with Crippen molar-refractivity contribution in [1.29, 1.82) is 0 Å². The van der Waals surface area contributed by atoms with Gasteiger partial charge >= 0.3 is 12.1 Å². The number of carbonyl (C=O) groups excluding carboxylic acids is 1. The molecule has 1 amide bonds. The molecule has 1 aromatic carbocycles. The van der Waals surface area contributed by atoms with Gasteiger partial charge in [-0.15, -0.1) is 0 Å². The maximum absolute atomic E-state index is 11.7. The number of fused-ring (bicyclic) bond motifs is 2. The number of benzene rings is 1. The number of nitrogens with zero attached hydrogens (tertiary/aromatic N) is 2. The summed E-state index contributed by atoms with van der Waals surface area (Å²) in [6.45, 7) is 5.35. The van der Waals surface area contributed by atoms with Crippen LogP contribution >= 0.6 is 11.8 Å². The van der Waals surface area contributed by atoms with Gasteiger partial charge in [0, 0.05) is 48.8 Å². The number of cyclic esters (lactones) is 1. The van der Waals surface area contributed by atoms with Crippen LogP contribution in [0.3, 0.4) is 0 Å². The van der Waals surface area contributed by atoms with Crippen molar-refractivity contribution in [3.05, 3.63) is 34.4 Å². The van der Waals surface area contributed by atoms with E-state index in [2.05, 4.69) is 17.9 Å². The van der Waals surface area contributed by atoms with Crippen LogP contribution < -0.4 is 0 Å². The normalized spacial score (nSPS) is 26.7. The number of rotatable bonds is 1. The predicted octanol–water partition coefficient (Wildman–Crippen LogP) is 2.12. The van der Waals surface area contributed by atoms with Crippen LogP contribution in [0.2, 0.25) is 0 Å². The van der Waals surface area contributed by atoms with E-state index in [1.807, 2.05) is 17.8 Å². The van der Waals surface area contributed by atoms with E-state index in [-0.39, 0.29) is 5.97 Å². The van der Waals surface area contributed by atoms with Crippen molar-refractivity contribution < 1.29 is 19.4 Å². The number of amides is 1. The molecule has 3 heterocycles. The van der Waals surface area contributed by atoms with Crippen LogP contribution in [0.25, 0.3) is 0 Å². The molecule has 0 bridgehead atoms. The quantitative estimate of drug-likeness (QED) is 0.784. The molecule has 24 heavy (non-hydrogen) atoms. The minimum Gasteiger partial charge on any atom is -0.465 e. The number of carbonyl (C=O) groups is 2. The topological polar surface area (TPSA) is 70.1 Å². The summed E-state index contributed by atoms with van der Waals surface area (Å²) in [4.78, 5) is 26.8. The van der Waals surface area contributed by atoms with E-state index in [0.29, 0.717) is 36.6 Å². The first-order valence-electron chi connectivity index (χ1n) is 8.17. The van der Waals surface area contributed by atoms with E-state index in [4.69, 9.17) is 9.84 Å². The fourth-order valence-corrected chi connectivity index (χ4v) is 5.37. The van der Waals surface area contributed by atoms with Gasteiger partial charge in [-0.1, -0.05) is 6.07 Å². The third kappa shape index (κ3) is 2.56. The van der Waals surface area contributed by atoms with Crippen LogP contribution in [-0.2, 0) is 11.3 Å². The highest BCUT2D eigenvalue weighted by Gasteiger charge is 2.36. The summed E-state index contributed by atoms with van der Waals surface area (Å²) in [7, 11) is 0. The van der Waals surface area contributed by atoms with Gasteiger partial charge < -0.3 is 14.7 Å². The number of hydrogen-bond donors (Lipinski definition) is 1. The molecule has 2 atom stereocenters. The van der Waals surface area contributed by atoms with Crippen LogP contribution in [0.5, 0.6) is 0 Å². The first kappa shape index (κ1) is 15.8. The van der Waals surface area contributed by atoms with Gasteiger partial charge in [0.1, 0.15) is 6.61 Å². The van der Waals surface area contributed by atoms with Gasteiger partial charge in [0.25, 0.3) is 0 Å². The number of piperazine rings is 1. The maximum atomic E-state index is 11.7. The largest absolute Gasteiger partial charge is 0.465 e. The molecule has 2 unspecified atom stereocenters. The van der Waals surface area contributed by atoms with E-state index in [1.165, 1.54) is 16.0 Å². The lowest BCUT2D eigenvalue weighted by molar-refractivity contribution is 0.0535. The molecule has 0 aliphatic carbocycles. The Morgan fingerprint density at radius 3 is 2.96 bits per heavy atom. The molecule has 2 saturated heterocycles. The third-order valence-corrected chi connectivity index (χ3v) is 6.70. The minimum atomic E-state index is -0.819. The Morgan fingerprint density at radius 1 is 1.33 bits per heavy atom. The second kappa shape index (κ2) is 5.97. The van der Waals surface area contributed by atoms with Gasteiger partial charge in [0.15, 0.2) is 0 Å². The Bertz CT molecular complexity index is 708. The summed E-state index contributed by atoms with van der Waals surface area (Å²) in [5, 5.41) is 9.53. The van der Waals surface area contributed by atoms with Crippen LogP contribution in [0.4, 0.5) is 4.79 Å². The van der Waals surface area contributed by atoms with Gasteiger partial charge in [-0.05, 0) is 24.1 Å². The van der Waals surface area contributed by atoms with E-state index >= 15 is 0 Å². The Labute approximate surface area is 144 Å². The molecule has 1 aromatic rings. The fourth-order valence-electron chi connectivity index (χ4n) is 3.86. The zero-order valence-electron chi connectivity index (χ0n) is 13.5. The predicted molar refractivity (Wildman–Crippen MR) is 90.5 cm³/mol. The fraction of sp³-hybridized carbons (Fsp3) is 0.529. The summed E-state index contributed by atoms with van der Waals surface area (Å²) in [6, 6.07) is 4.25. The first-order valence-corrected chi connectivity index (χ1v) is 9.22. The molecule has 4 rings (SSSR count). The molecule has 0 radical (unpaired) electrons. The van der Waals surface area contributed by atoms with Gasteiger partial charge in [-0.2, -0.15) is 11.8 Å². The molecular weight excluding hydrogens is 328 g/mol. The summed E-state index contributed by atoms with van der Waals surface area (Å²) in [5.41, 5.74) is 4.16. The average molecular weight is 348 g/mol. The molecule has 2 fully saturated rings. The second-order valence-corrected chi connectivity index (χ2v) is 7.82. The summed E-state index contributed by atoms with van der Waals surface area (Å²) in [6.07, 6.45) is -0.819. The molecule has 7 heteroatoms. The van der Waals surface area contributed by atoms with Gasteiger partial charge in [0.2, 0.25) is 0 Å². The Hall–Kier alpha value is -1.73. The Kier molecular flexibility index (Phi) is 3.92. The van der Waals surface area contributed by atoms with Gasteiger partial charge in [-0.3, -0.25) is 4.90 Å². The van der Waals surface area contributed by atoms with Crippen molar-refractivity contribution in [2.75, 3.05) is 31.9 Å². The average Bonchev–Trinajstić information content (AvgIpc) is 2.96. The van der Waals surface area contributed by atoms with E-state index in [0.717, 1.165) is 24.4 Å². The van der Waals surface area contributed by atoms with Crippen LogP contribution in [0.1, 0.15) is 32.3 Å². The van der Waals surface area contributed by atoms with Crippen molar-refractivity contribution in [3.8, 4) is 0 Å². The van der Waals surface area contributed by atoms with Crippen molar-refractivity contribution in [2.24, 2.45) is 0 Å². The smallest absolute Gasteiger partial charge is 0.407 e. The van der Waals surface area contributed by atoms with E-state index in [1.54, 1.807) is 0 Å². The van der Waals surface area contributed by atoms with Gasteiger partial charge in [0.05, 0.1) is 5.56 Å². The molecule has 3 aliphatic heterocycles. The van der Waals surface area contributed by atoms with Crippen molar-refractivity contribution >= 4 is 23.8 Å². The minimum absolute atomic E-state index is 0.221. The van der Waals surface area contributed by atoms with E-state index in [9.17, 15) is 9.59 Å². The molecule has 0 saturated carbocycles. The third-order valence-electron chi connectivity index (χ3n) is 5.32. The molecular formula is C17H20N2O4S. The van der Waals surface area contributed by atoms with E-state index < -0.39 is 6.09 Å². The summed E-state index contributed by atoms with van der Waals surface area (Å²) >= 11 is 1.89. The van der Waals surface area contributed by atoms with Crippen molar-refractivity contribution in [2.45, 2.75) is 24.8 Å². The molecule has 3 aliphatic rings. The second-order valence-electron chi connectivity index (χ2n) is 6.58. The molecule has 6 nitrogen and oxygen atoms in total. The highest BCUT2D eigenvalue weighted by atomic mass is 32.2. The lowest BCUT2D eigenvalue weighted by Crippen LogP contribution is -2.57. The number of carboxylic acid groups (broad SMARTS) is 1. The standard InChI is InChI=1S/C17H20N2O4S/c1-10-12(2-3-13-14(10)8-23-16(13)20)15-7-18-4-5-19(17(21)22)6-11(18)9-24-15/h2-3,11,15H,4-9H2,1H3,(H,21,22). The molecule has 1 N–H and O–H groups in total. The highest BCUT2D eigenvalue weighted by molar-refractivity contribution is 7.99. The molecule has 128 valence electrons. The number of esters is 1. The Morgan fingerprint density at radius 2 is 2.17 bits per heavy atom. The van der Waals surface area contributed by atoms with Crippen LogP contribution in [-0.4, -0.2) is 64.9 Å². The Balaban J connectivity index is 1.52. The van der Waals surface area contributed by atoms with Crippen molar-refractivity contribution in [1.82, 2.24) is 9.80 Å². The zero-order valence-corrected chi connectivity index (χ0v) is 14.3. The SMILES string of the molecule is Cc1c(C2CN3CCN(C(=O)O)CC3CS2)ccc2c1COC2=O. The highest BCUT2D eigenvalue weighted by Crippen LogP contribution is 2.40. The lowest BCUT2D eigenvalue weighted by atomic mass is 9.96. The molecule has 0 aromatic heterocycles. The first-order chi connectivity index (χ1) is 11.5.